The Morgan fingerprint density at radius 2 is 1.85 bits per heavy atom. The molecule has 0 radical (unpaired) electrons. The summed E-state index contributed by atoms with van der Waals surface area (Å²) in [5.74, 6) is -1.14. The second-order valence-electron chi connectivity index (χ2n) is 7.79. The number of rotatable bonds is 9. The van der Waals surface area contributed by atoms with Crippen molar-refractivity contribution in [3.63, 3.8) is 0 Å². The Balaban J connectivity index is 1.45. The summed E-state index contributed by atoms with van der Waals surface area (Å²) in [6.07, 6.45) is 2.51. The van der Waals surface area contributed by atoms with Crippen molar-refractivity contribution in [1.29, 1.82) is 0 Å². The molecule has 4 rings (SSSR count). The van der Waals surface area contributed by atoms with Crippen LogP contribution in [0.4, 0.5) is 14.6 Å². The van der Waals surface area contributed by atoms with Crippen molar-refractivity contribution in [2.45, 2.75) is 58.7 Å². The van der Waals surface area contributed by atoms with E-state index in [9.17, 15) is 18.4 Å². The van der Waals surface area contributed by atoms with Gasteiger partial charge < -0.3 is 0 Å². The van der Waals surface area contributed by atoms with Gasteiger partial charge in [-0.3, -0.25) is 13.9 Å². The van der Waals surface area contributed by atoms with Gasteiger partial charge in [0.1, 0.15) is 11.0 Å². The number of unbranched alkanes of at least 4 members (excludes halogenated alkanes) is 1. The van der Waals surface area contributed by atoms with Crippen molar-refractivity contribution in [3.8, 4) is 0 Å². The van der Waals surface area contributed by atoms with Gasteiger partial charge in [-0.25, -0.2) is 18.6 Å². The second kappa shape index (κ2) is 9.74. The maximum Gasteiger partial charge on any atom is 0.332 e. The van der Waals surface area contributed by atoms with E-state index >= 15 is 0 Å². The molecule has 0 unspecified atom stereocenters. The molecule has 1 aromatic carbocycles. The van der Waals surface area contributed by atoms with Gasteiger partial charge in [0.05, 0.1) is 12.1 Å². The van der Waals surface area contributed by atoms with Crippen molar-refractivity contribution in [3.05, 3.63) is 67.6 Å². The standard InChI is InChI=1S/C21H22ClF2N7O2/c1-2-3-7-29-19-14(12-17(22)25-19)20(32)30(21(29)33)8-4-9-31-27-18(26-28-31)11-13-5-6-15(23)16(24)10-13/h5-6,10H,2-4,7-9,11-12H2,1H3. The van der Waals surface area contributed by atoms with Crippen LogP contribution in [-0.4, -0.2) is 34.5 Å². The van der Waals surface area contributed by atoms with Crippen LogP contribution in [0.25, 0.3) is 0 Å². The molecule has 0 amide bonds. The number of aromatic nitrogens is 6. The molecule has 3 heterocycles. The first-order valence-corrected chi connectivity index (χ1v) is 11.1. The Morgan fingerprint density at radius 3 is 2.61 bits per heavy atom. The minimum Gasteiger partial charge on any atom is -0.278 e. The number of aliphatic imine (C=N–C) groups is 1. The highest BCUT2D eigenvalue weighted by Gasteiger charge is 2.24. The minimum atomic E-state index is -0.934. The van der Waals surface area contributed by atoms with Gasteiger partial charge in [-0.1, -0.05) is 31.0 Å². The summed E-state index contributed by atoms with van der Waals surface area (Å²) in [5.41, 5.74) is 0.163. The highest BCUT2D eigenvalue weighted by atomic mass is 35.5. The van der Waals surface area contributed by atoms with Crippen LogP contribution in [-0.2, 0) is 32.5 Å². The van der Waals surface area contributed by atoms with Crippen molar-refractivity contribution in [1.82, 2.24) is 29.3 Å². The molecule has 0 bridgehead atoms. The lowest BCUT2D eigenvalue weighted by Crippen LogP contribution is -2.41. The highest BCUT2D eigenvalue weighted by Crippen LogP contribution is 2.24. The van der Waals surface area contributed by atoms with E-state index in [1.165, 1.54) is 20.0 Å². The molecule has 12 heteroatoms. The molecule has 0 atom stereocenters. The molecule has 0 saturated heterocycles. The molecule has 3 aromatic rings. The minimum absolute atomic E-state index is 0.175. The molecule has 2 aromatic heterocycles. The summed E-state index contributed by atoms with van der Waals surface area (Å²) in [7, 11) is 0. The highest BCUT2D eigenvalue weighted by molar-refractivity contribution is 6.66. The molecule has 9 nitrogen and oxygen atoms in total. The maximum atomic E-state index is 13.4. The Kier molecular flexibility index (Phi) is 6.77. The maximum absolute atomic E-state index is 13.4. The van der Waals surface area contributed by atoms with Gasteiger partial charge >= 0.3 is 5.69 Å². The van der Waals surface area contributed by atoms with Crippen molar-refractivity contribution in [2.75, 3.05) is 0 Å². The number of hydrogen-bond acceptors (Lipinski definition) is 6. The predicted octanol–water partition coefficient (Wildman–Crippen LogP) is 2.58. The van der Waals surface area contributed by atoms with Gasteiger partial charge in [-0.15, -0.1) is 10.2 Å². The average molecular weight is 478 g/mol. The fourth-order valence-electron chi connectivity index (χ4n) is 3.69. The number of aryl methyl sites for hydroxylation is 1. The molecule has 33 heavy (non-hydrogen) atoms. The lowest BCUT2D eigenvalue weighted by atomic mass is 10.1. The quantitative estimate of drug-likeness (QED) is 0.471. The first-order chi connectivity index (χ1) is 15.9. The number of benzene rings is 1. The first-order valence-electron chi connectivity index (χ1n) is 10.7. The molecule has 0 aliphatic carbocycles. The Hall–Kier alpha value is -3.21. The number of halogens is 3. The third-order valence-electron chi connectivity index (χ3n) is 5.36. The molecular formula is C21H22ClF2N7O2. The van der Waals surface area contributed by atoms with Crippen molar-refractivity contribution in [2.24, 2.45) is 4.99 Å². The van der Waals surface area contributed by atoms with E-state index in [1.807, 2.05) is 6.92 Å². The van der Waals surface area contributed by atoms with E-state index in [4.69, 9.17) is 11.6 Å². The SMILES string of the molecule is CCCCn1c2c(c(=O)n(CCCn3nnc(Cc4ccc(F)c(F)c4)n3)c1=O)CC(Cl)=N2. The zero-order valence-corrected chi connectivity index (χ0v) is 18.7. The van der Waals surface area contributed by atoms with Crippen LogP contribution in [0.5, 0.6) is 0 Å². The van der Waals surface area contributed by atoms with Crippen LogP contribution < -0.4 is 11.2 Å². The first kappa shape index (κ1) is 23.0. The van der Waals surface area contributed by atoms with Gasteiger partial charge in [0.2, 0.25) is 0 Å². The normalized spacial score (nSPS) is 12.8. The number of fused-ring (bicyclic) bond motifs is 1. The number of nitrogens with zero attached hydrogens (tertiary/aromatic N) is 7. The Labute approximate surface area is 192 Å². The molecule has 1 aliphatic heterocycles. The summed E-state index contributed by atoms with van der Waals surface area (Å²) >= 11 is 6.04. The van der Waals surface area contributed by atoms with Gasteiger partial charge in [0.15, 0.2) is 17.5 Å². The zero-order chi connectivity index (χ0) is 23.5. The van der Waals surface area contributed by atoms with Crippen LogP contribution >= 0.6 is 11.6 Å². The Bertz CT molecular complexity index is 1330. The molecule has 0 saturated carbocycles. The molecule has 0 N–H and O–H groups in total. The summed E-state index contributed by atoms with van der Waals surface area (Å²) in [4.78, 5) is 31.4. The smallest absolute Gasteiger partial charge is 0.278 e. The van der Waals surface area contributed by atoms with Crippen molar-refractivity contribution >= 4 is 22.6 Å². The van der Waals surface area contributed by atoms with Crippen molar-refractivity contribution < 1.29 is 8.78 Å². The van der Waals surface area contributed by atoms with Crippen LogP contribution in [0.2, 0.25) is 0 Å². The van der Waals surface area contributed by atoms with Crippen LogP contribution in [0.1, 0.15) is 43.1 Å². The summed E-state index contributed by atoms with van der Waals surface area (Å²) < 4.78 is 29.2. The summed E-state index contributed by atoms with van der Waals surface area (Å²) in [6, 6.07) is 3.60. The lowest BCUT2D eigenvalue weighted by Gasteiger charge is -2.13. The molecule has 0 fully saturated rings. The molecule has 1 aliphatic rings. The lowest BCUT2D eigenvalue weighted by molar-refractivity contribution is 0.448. The van der Waals surface area contributed by atoms with E-state index in [0.29, 0.717) is 47.5 Å². The largest absolute Gasteiger partial charge is 0.332 e. The van der Waals surface area contributed by atoms with E-state index in [1.54, 1.807) is 0 Å². The molecule has 0 spiro atoms. The van der Waals surface area contributed by atoms with E-state index in [2.05, 4.69) is 20.4 Å². The molecular weight excluding hydrogens is 456 g/mol. The molecule has 174 valence electrons. The van der Waals surface area contributed by atoms with E-state index in [-0.39, 0.29) is 24.9 Å². The fourth-order valence-corrected chi connectivity index (χ4v) is 3.90. The van der Waals surface area contributed by atoms with Crippen LogP contribution in [0.15, 0.2) is 32.8 Å². The summed E-state index contributed by atoms with van der Waals surface area (Å²) in [5, 5.41) is 12.4. The van der Waals surface area contributed by atoms with Gasteiger partial charge in [-0.05, 0) is 35.8 Å². The fraction of sp³-hybridized carbons (Fsp3) is 0.429. The number of tetrazole rings is 1. The van der Waals surface area contributed by atoms with Crippen LogP contribution in [0.3, 0.4) is 0 Å². The zero-order valence-electron chi connectivity index (χ0n) is 18.0. The van der Waals surface area contributed by atoms with E-state index in [0.717, 1.165) is 25.0 Å². The third-order valence-corrected chi connectivity index (χ3v) is 5.57. The third kappa shape index (κ3) is 4.92. The van der Waals surface area contributed by atoms with Gasteiger partial charge in [0, 0.05) is 25.9 Å². The monoisotopic (exact) mass is 477 g/mol. The topological polar surface area (TPSA) is 100.0 Å². The average Bonchev–Trinajstić information content (AvgIpc) is 3.39. The van der Waals surface area contributed by atoms with E-state index < -0.39 is 17.3 Å². The predicted molar refractivity (Wildman–Crippen MR) is 118 cm³/mol. The van der Waals surface area contributed by atoms with Gasteiger partial charge in [0.25, 0.3) is 5.56 Å². The Morgan fingerprint density at radius 1 is 1.06 bits per heavy atom. The van der Waals surface area contributed by atoms with Gasteiger partial charge in [-0.2, -0.15) is 4.80 Å². The second-order valence-corrected chi connectivity index (χ2v) is 8.23. The number of hydrogen-bond donors (Lipinski definition) is 0. The summed E-state index contributed by atoms with van der Waals surface area (Å²) in [6.45, 7) is 2.97. The van der Waals surface area contributed by atoms with Crippen LogP contribution in [0, 0.1) is 11.6 Å².